The van der Waals surface area contributed by atoms with Crippen LogP contribution in [-0.4, -0.2) is 18.0 Å². The maximum Gasteiger partial charge on any atom is 0.223 e. The van der Waals surface area contributed by atoms with Gasteiger partial charge in [-0.3, -0.25) is 4.79 Å². The lowest BCUT2D eigenvalue weighted by molar-refractivity contribution is -0.129. The van der Waals surface area contributed by atoms with Gasteiger partial charge < -0.3 is 11.1 Å². The molecule has 0 saturated heterocycles. The lowest BCUT2D eigenvalue weighted by atomic mass is 9.83. The molecule has 80 valence electrons. The van der Waals surface area contributed by atoms with Crippen molar-refractivity contribution in [1.82, 2.24) is 5.32 Å². The quantitative estimate of drug-likeness (QED) is 0.712. The van der Waals surface area contributed by atoms with E-state index < -0.39 is 0 Å². The van der Waals surface area contributed by atoms with E-state index in [4.69, 9.17) is 5.73 Å². The fourth-order valence-electron chi connectivity index (χ4n) is 2.47. The van der Waals surface area contributed by atoms with Crippen LogP contribution in [-0.2, 0) is 4.79 Å². The van der Waals surface area contributed by atoms with Crippen LogP contribution in [0, 0.1) is 5.92 Å². The van der Waals surface area contributed by atoms with Crippen LogP contribution in [0.15, 0.2) is 0 Å². The van der Waals surface area contributed by atoms with Gasteiger partial charge in [0.15, 0.2) is 0 Å². The van der Waals surface area contributed by atoms with E-state index in [1.165, 1.54) is 19.3 Å². The third-order valence-electron chi connectivity index (χ3n) is 3.82. The van der Waals surface area contributed by atoms with Crippen molar-refractivity contribution >= 4 is 5.91 Å². The predicted octanol–water partition coefficient (Wildman–Crippen LogP) is 1.17. The first kappa shape index (κ1) is 9.97. The van der Waals surface area contributed by atoms with Gasteiger partial charge in [-0.15, -0.1) is 0 Å². The van der Waals surface area contributed by atoms with Crippen LogP contribution in [0.2, 0.25) is 0 Å². The molecule has 3 nitrogen and oxygen atoms in total. The topological polar surface area (TPSA) is 55.1 Å². The van der Waals surface area contributed by atoms with Gasteiger partial charge in [0.25, 0.3) is 0 Å². The second-order valence-corrected chi connectivity index (χ2v) is 4.81. The molecule has 0 heterocycles. The molecule has 0 aromatic carbocycles. The maximum absolute atomic E-state index is 11.8. The number of carbonyl (C=O) groups is 1. The Hall–Kier alpha value is -0.570. The summed E-state index contributed by atoms with van der Waals surface area (Å²) in [5, 5.41) is 3.18. The molecule has 0 spiro atoms. The minimum Gasteiger partial charge on any atom is -0.349 e. The van der Waals surface area contributed by atoms with Crippen LogP contribution in [0.5, 0.6) is 0 Å². The fraction of sp³-hybridized carbons (Fsp3) is 0.909. The van der Waals surface area contributed by atoms with E-state index in [0.717, 1.165) is 25.7 Å². The zero-order valence-electron chi connectivity index (χ0n) is 8.72. The van der Waals surface area contributed by atoms with E-state index >= 15 is 0 Å². The second-order valence-electron chi connectivity index (χ2n) is 4.81. The highest BCUT2D eigenvalue weighted by Crippen LogP contribution is 2.31. The molecule has 0 bridgehead atoms. The smallest absolute Gasteiger partial charge is 0.223 e. The number of nitrogens with two attached hydrogens (primary N) is 1. The van der Waals surface area contributed by atoms with E-state index in [9.17, 15) is 4.79 Å². The summed E-state index contributed by atoms with van der Waals surface area (Å²) in [5.41, 5.74) is 5.71. The Morgan fingerprint density at radius 3 is 2.36 bits per heavy atom. The fourth-order valence-corrected chi connectivity index (χ4v) is 2.47. The minimum absolute atomic E-state index is 0.0489. The molecule has 3 N–H and O–H groups in total. The van der Waals surface area contributed by atoms with Gasteiger partial charge in [-0.1, -0.05) is 19.3 Å². The van der Waals surface area contributed by atoms with Crippen LogP contribution < -0.4 is 11.1 Å². The molecule has 0 aromatic rings. The monoisotopic (exact) mass is 196 g/mol. The molecular weight excluding hydrogens is 176 g/mol. The summed E-state index contributed by atoms with van der Waals surface area (Å²) in [6, 6.07) is 0. The predicted molar refractivity (Wildman–Crippen MR) is 55.7 cm³/mol. The Morgan fingerprint density at radius 1 is 1.29 bits per heavy atom. The van der Waals surface area contributed by atoms with Gasteiger partial charge in [0.1, 0.15) is 0 Å². The van der Waals surface area contributed by atoms with Crippen LogP contribution in [0.4, 0.5) is 0 Å². The number of hydrogen-bond donors (Lipinski definition) is 2. The zero-order valence-corrected chi connectivity index (χ0v) is 8.72. The third kappa shape index (κ3) is 1.78. The highest BCUT2D eigenvalue weighted by atomic mass is 16.2. The van der Waals surface area contributed by atoms with Crippen LogP contribution >= 0.6 is 0 Å². The molecule has 0 aliphatic heterocycles. The molecule has 2 saturated carbocycles. The van der Waals surface area contributed by atoms with E-state index in [1.54, 1.807) is 0 Å². The van der Waals surface area contributed by atoms with Crippen molar-refractivity contribution in [3.8, 4) is 0 Å². The SMILES string of the molecule is NCC1(NC(=O)C2CCC2)CCCC1. The average Bonchev–Trinajstić information content (AvgIpc) is 2.50. The van der Waals surface area contributed by atoms with Gasteiger partial charge in [0.05, 0.1) is 5.54 Å². The average molecular weight is 196 g/mol. The molecule has 2 aliphatic carbocycles. The van der Waals surface area contributed by atoms with Crippen molar-refractivity contribution in [3.63, 3.8) is 0 Å². The van der Waals surface area contributed by atoms with Gasteiger partial charge >= 0.3 is 0 Å². The normalized spacial score (nSPS) is 25.8. The second kappa shape index (κ2) is 3.89. The number of amides is 1. The number of carbonyl (C=O) groups excluding carboxylic acids is 1. The summed E-state index contributed by atoms with van der Waals surface area (Å²) in [5.74, 6) is 0.544. The van der Waals surface area contributed by atoms with Crippen molar-refractivity contribution in [2.75, 3.05) is 6.54 Å². The van der Waals surface area contributed by atoms with E-state index in [1.807, 2.05) is 0 Å². The van der Waals surface area contributed by atoms with Crippen LogP contribution in [0.3, 0.4) is 0 Å². The number of nitrogens with one attached hydrogen (secondary N) is 1. The van der Waals surface area contributed by atoms with Crippen molar-refractivity contribution in [2.45, 2.75) is 50.5 Å². The molecule has 0 atom stereocenters. The van der Waals surface area contributed by atoms with E-state index in [0.29, 0.717) is 12.5 Å². The van der Waals surface area contributed by atoms with Crippen molar-refractivity contribution in [2.24, 2.45) is 11.7 Å². The molecule has 0 radical (unpaired) electrons. The molecule has 14 heavy (non-hydrogen) atoms. The number of rotatable bonds is 3. The molecule has 2 aliphatic rings. The Bertz CT molecular complexity index is 217. The summed E-state index contributed by atoms with van der Waals surface area (Å²) in [6.07, 6.45) is 7.93. The molecule has 2 rings (SSSR count). The lowest BCUT2D eigenvalue weighted by Crippen LogP contribution is -2.54. The third-order valence-corrected chi connectivity index (χ3v) is 3.82. The first-order valence-corrected chi connectivity index (χ1v) is 5.78. The van der Waals surface area contributed by atoms with Crippen LogP contribution in [0.1, 0.15) is 44.9 Å². The summed E-state index contributed by atoms with van der Waals surface area (Å²) in [4.78, 5) is 11.8. The van der Waals surface area contributed by atoms with Crippen molar-refractivity contribution < 1.29 is 4.79 Å². The van der Waals surface area contributed by atoms with Crippen molar-refractivity contribution in [1.29, 1.82) is 0 Å². The Balaban J connectivity index is 1.89. The summed E-state index contributed by atoms with van der Waals surface area (Å²) in [6.45, 7) is 0.603. The Morgan fingerprint density at radius 2 is 1.93 bits per heavy atom. The van der Waals surface area contributed by atoms with E-state index in [2.05, 4.69) is 5.32 Å². The summed E-state index contributed by atoms with van der Waals surface area (Å²) < 4.78 is 0. The molecule has 0 aromatic heterocycles. The highest BCUT2D eigenvalue weighted by Gasteiger charge is 2.36. The minimum atomic E-state index is -0.0489. The highest BCUT2D eigenvalue weighted by molar-refractivity contribution is 5.80. The number of hydrogen-bond acceptors (Lipinski definition) is 2. The van der Waals surface area contributed by atoms with Gasteiger partial charge in [-0.05, 0) is 25.7 Å². The molecule has 2 fully saturated rings. The first-order chi connectivity index (χ1) is 6.76. The standard InChI is InChI=1S/C11H20N2O/c12-8-11(6-1-2-7-11)13-10(14)9-4-3-5-9/h9H,1-8,12H2,(H,13,14). The Kier molecular flexibility index (Phi) is 2.77. The molecule has 3 heteroatoms. The van der Waals surface area contributed by atoms with Gasteiger partial charge in [-0.25, -0.2) is 0 Å². The van der Waals surface area contributed by atoms with Gasteiger partial charge in [0, 0.05) is 12.5 Å². The summed E-state index contributed by atoms with van der Waals surface area (Å²) >= 11 is 0. The largest absolute Gasteiger partial charge is 0.349 e. The van der Waals surface area contributed by atoms with E-state index in [-0.39, 0.29) is 11.4 Å². The Labute approximate surface area is 85.4 Å². The molecule has 1 amide bonds. The van der Waals surface area contributed by atoms with Gasteiger partial charge in [-0.2, -0.15) is 0 Å². The van der Waals surface area contributed by atoms with Gasteiger partial charge in [0.2, 0.25) is 5.91 Å². The molecular formula is C11H20N2O. The maximum atomic E-state index is 11.8. The summed E-state index contributed by atoms with van der Waals surface area (Å²) in [7, 11) is 0. The van der Waals surface area contributed by atoms with Crippen LogP contribution in [0.25, 0.3) is 0 Å². The molecule has 0 unspecified atom stereocenters. The first-order valence-electron chi connectivity index (χ1n) is 5.78. The van der Waals surface area contributed by atoms with Crippen molar-refractivity contribution in [3.05, 3.63) is 0 Å². The zero-order chi connectivity index (χ0) is 10.0. The lowest BCUT2D eigenvalue weighted by Gasteiger charge is -2.33.